The van der Waals surface area contributed by atoms with Gasteiger partial charge in [-0.1, -0.05) is 0 Å². The first kappa shape index (κ1) is 10.4. The number of likely N-dealkylation sites (tertiary alicyclic amines) is 1. The second-order valence-corrected chi connectivity index (χ2v) is 4.30. The highest BCUT2D eigenvalue weighted by molar-refractivity contribution is 5.11. The van der Waals surface area contributed by atoms with Crippen LogP contribution in [0.2, 0.25) is 0 Å². The molecule has 0 aliphatic carbocycles. The van der Waals surface area contributed by atoms with Crippen LogP contribution in [-0.2, 0) is 0 Å². The lowest BCUT2D eigenvalue weighted by molar-refractivity contribution is -0.00279. The largest absolute Gasteiger partial charge is 0.471 e. The summed E-state index contributed by atoms with van der Waals surface area (Å²) in [7, 11) is 0. The fourth-order valence-corrected chi connectivity index (χ4v) is 1.59. The van der Waals surface area contributed by atoms with Gasteiger partial charge in [-0.3, -0.25) is 4.90 Å². The minimum Gasteiger partial charge on any atom is -0.471 e. The lowest BCUT2D eigenvalue weighted by Crippen LogP contribution is -2.56. The van der Waals surface area contributed by atoms with Gasteiger partial charge in [0, 0.05) is 25.2 Å². The van der Waals surface area contributed by atoms with Crippen molar-refractivity contribution in [1.82, 2.24) is 15.1 Å². The van der Waals surface area contributed by atoms with Crippen molar-refractivity contribution in [2.75, 3.05) is 13.1 Å². The maximum absolute atomic E-state index is 5.67. The van der Waals surface area contributed by atoms with Crippen molar-refractivity contribution in [2.45, 2.75) is 32.9 Å². The number of ether oxygens (including phenoxy) is 1. The number of aromatic nitrogens is 2. The van der Waals surface area contributed by atoms with Crippen LogP contribution >= 0.6 is 0 Å². The number of rotatable bonds is 3. The molecule has 0 atom stereocenters. The average molecular weight is 207 g/mol. The Bertz CT molecular complexity index is 317. The van der Waals surface area contributed by atoms with Gasteiger partial charge in [-0.15, -0.1) is 5.10 Å². The van der Waals surface area contributed by atoms with E-state index in [4.69, 9.17) is 4.74 Å². The van der Waals surface area contributed by atoms with Crippen molar-refractivity contribution < 1.29 is 4.74 Å². The van der Waals surface area contributed by atoms with E-state index in [0.29, 0.717) is 11.9 Å². The lowest BCUT2D eigenvalue weighted by atomic mass is 10.1. The SMILES string of the molecule is Cc1ccc(OC2CN(C(C)C)C2)nn1. The predicted molar refractivity (Wildman–Crippen MR) is 57.9 cm³/mol. The van der Waals surface area contributed by atoms with Crippen LogP contribution < -0.4 is 4.74 Å². The molecular weight excluding hydrogens is 190 g/mol. The Kier molecular flexibility index (Phi) is 2.86. The molecule has 0 radical (unpaired) electrons. The maximum Gasteiger partial charge on any atom is 0.233 e. The van der Waals surface area contributed by atoms with Crippen LogP contribution in [0.1, 0.15) is 19.5 Å². The number of hydrogen-bond acceptors (Lipinski definition) is 4. The van der Waals surface area contributed by atoms with Gasteiger partial charge in [-0.05, 0) is 26.8 Å². The van der Waals surface area contributed by atoms with Gasteiger partial charge in [0.25, 0.3) is 0 Å². The Morgan fingerprint density at radius 2 is 2.07 bits per heavy atom. The van der Waals surface area contributed by atoms with Gasteiger partial charge >= 0.3 is 0 Å². The topological polar surface area (TPSA) is 38.2 Å². The first-order valence-electron chi connectivity index (χ1n) is 5.36. The van der Waals surface area contributed by atoms with E-state index in [1.165, 1.54) is 0 Å². The summed E-state index contributed by atoms with van der Waals surface area (Å²) in [6.07, 6.45) is 0.282. The summed E-state index contributed by atoms with van der Waals surface area (Å²) in [6, 6.07) is 4.40. The van der Waals surface area contributed by atoms with Crippen LogP contribution in [0.4, 0.5) is 0 Å². The molecule has 1 aromatic rings. The van der Waals surface area contributed by atoms with E-state index >= 15 is 0 Å². The molecule has 1 aromatic heterocycles. The minimum absolute atomic E-state index is 0.282. The molecule has 2 rings (SSSR count). The Hall–Kier alpha value is -1.16. The molecule has 1 aliphatic heterocycles. The molecule has 0 saturated carbocycles. The van der Waals surface area contributed by atoms with Gasteiger partial charge in [-0.2, -0.15) is 5.10 Å². The molecule has 4 nitrogen and oxygen atoms in total. The van der Waals surface area contributed by atoms with Crippen LogP contribution in [0.3, 0.4) is 0 Å². The highest BCUT2D eigenvalue weighted by atomic mass is 16.5. The van der Waals surface area contributed by atoms with Gasteiger partial charge in [0.1, 0.15) is 6.10 Å². The Balaban J connectivity index is 1.82. The van der Waals surface area contributed by atoms with Crippen LogP contribution in [0.15, 0.2) is 12.1 Å². The third-order valence-electron chi connectivity index (χ3n) is 2.67. The van der Waals surface area contributed by atoms with Crippen molar-refractivity contribution in [3.8, 4) is 5.88 Å². The van der Waals surface area contributed by atoms with E-state index in [9.17, 15) is 0 Å². The molecule has 0 N–H and O–H groups in total. The normalized spacial score (nSPS) is 17.9. The molecule has 15 heavy (non-hydrogen) atoms. The molecule has 1 aliphatic rings. The maximum atomic E-state index is 5.67. The number of nitrogens with zero attached hydrogens (tertiary/aromatic N) is 3. The van der Waals surface area contributed by atoms with E-state index < -0.39 is 0 Å². The number of hydrogen-bond donors (Lipinski definition) is 0. The molecule has 0 amide bonds. The standard InChI is InChI=1S/C11H17N3O/c1-8(2)14-6-10(7-14)15-11-5-4-9(3)12-13-11/h4-5,8,10H,6-7H2,1-3H3. The monoisotopic (exact) mass is 207 g/mol. The first-order chi connectivity index (χ1) is 7.15. The number of aryl methyl sites for hydroxylation is 1. The second-order valence-electron chi connectivity index (χ2n) is 4.30. The molecule has 2 heterocycles. The summed E-state index contributed by atoms with van der Waals surface area (Å²) in [5.41, 5.74) is 0.916. The summed E-state index contributed by atoms with van der Waals surface area (Å²) in [6.45, 7) is 8.30. The van der Waals surface area contributed by atoms with Crippen molar-refractivity contribution in [1.29, 1.82) is 0 Å². The van der Waals surface area contributed by atoms with Crippen molar-refractivity contribution in [3.05, 3.63) is 17.8 Å². The third-order valence-corrected chi connectivity index (χ3v) is 2.67. The molecule has 0 bridgehead atoms. The van der Waals surface area contributed by atoms with E-state index in [2.05, 4.69) is 28.9 Å². The van der Waals surface area contributed by atoms with Gasteiger partial charge < -0.3 is 4.74 Å². The quantitative estimate of drug-likeness (QED) is 0.748. The van der Waals surface area contributed by atoms with Crippen LogP contribution in [0.25, 0.3) is 0 Å². The molecule has 0 unspecified atom stereocenters. The summed E-state index contributed by atoms with van der Waals surface area (Å²) >= 11 is 0. The van der Waals surface area contributed by atoms with Gasteiger partial charge in [-0.25, -0.2) is 0 Å². The van der Waals surface area contributed by atoms with Crippen molar-refractivity contribution >= 4 is 0 Å². The van der Waals surface area contributed by atoms with Gasteiger partial charge in [0.05, 0.1) is 5.69 Å². The summed E-state index contributed by atoms with van der Waals surface area (Å²) in [5.74, 6) is 0.633. The van der Waals surface area contributed by atoms with Crippen LogP contribution in [0.5, 0.6) is 5.88 Å². The van der Waals surface area contributed by atoms with Crippen LogP contribution in [-0.4, -0.2) is 40.3 Å². The fraction of sp³-hybridized carbons (Fsp3) is 0.636. The molecule has 0 aromatic carbocycles. The van der Waals surface area contributed by atoms with Crippen molar-refractivity contribution in [2.24, 2.45) is 0 Å². The molecule has 4 heteroatoms. The fourth-order valence-electron chi connectivity index (χ4n) is 1.59. The highest BCUT2D eigenvalue weighted by Crippen LogP contribution is 2.17. The highest BCUT2D eigenvalue weighted by Gasteiger charge is 2.30. The zero-order chi connectivity index (χ0) is 10.8. The van der Waals surface area contributed by atoms with Gasteiger partial charge in [0.2, 0.25) is 5.88 Å². The summed E-state index contributed by atoms with van der Waals surface area (Å²) in [5, 5.41) is 7.94. The lowest BCUT2D eigenvalue weighted by Gasteiger charge is -2.41. The van der Waals surface area contributed by atoms with E-state index in [-0.39, 0.29) is 6.10 Å². The molecule has 1 saturated heterocycles. The second kappa shape index (κ2) is 4.14. The summed E-state index contributed by atoms with van der Waals surface area (Å²) < 4.78 is 5.67. The summed E-state index contributed by atoms with van der Waals surface area (Å²) in [4.78, 5) is 2.37. The molecule has 0 spiro atoms. The third kappa shape index (κ3) is 2.45. The zero-order valence-electron chi connectivity index (χ0n) is 9.47. The predicted octanol–water partition coefficient (Wildman–Crippen LogP) is 1.26. The van der Waals surface area contributed by atoms with E-state index in [1.807, 2.05) is 19.1 Å². The Morgan fingerprint density at radius 3 is 2.60 bits per heavy atom. The van der Waals surface area contributed by atoms with E-state index in [1.54, 1.807) is 0 Å². The first-order valence-corrected chi connectivity index (χ1v) is 5.36. The molecule has 82 valence electrons. The van der Waals surface area contributed by atoms with Gasteiger partial charge in [0.15, 0.2) is 0 Å². The zero-order valence-corrected chi connectivity index (χ0v) is 9.47. The molecular formula is C11H17N3O. The van der Waals surface area contributed by atoms with Crippen molar-refractivity contribution in [3.63, 3.8) is 0 Å². The van der Waals surface area contributed by atoms with Crippen LogP contribution in [0, 0.1) is 6.92 Å². The minimum atomic E-state index is 0.282. The molecule has 1 fully saturated rings. The Morgan fingerprint density at radius 1 is 1.33 bits per heavy atom. The Labute approximate surface area is 90.3 Å². The smallest absolute Gasteiger partial charge is 0.233 e. The van der Waals surface area contributed by atoms with E-state index in [0.717, 1.165) is 18.8 Å². The average Bonchev–Trinajstić information content (AvgIpc) is 2.13.